The van der Waals surface area contributed by atoms with Crippen molar-refractivity contribution in [1.29, 1.82) is 0 Å². The van der Waals surface area contributed by atoms with Crippen molar-refractivity contribution >= 4 is 47.5 Å². The molecule has 7 amide bonds. The molecule has 0 radical (unpaired) electrons. The van der Waals surface area contributed by atoms with Crippen molar-refractivity contribution in [2.75, 3.05) is 20.2 Å². The molecule has 5 aromatic carbocycles. The highest BCUT2D eigenvalue weighted by Crippen LogP contribution is 2.32. The molecular formula is C56H63N7O11. The Morgan fingerprint density at radius 1 is 0.514 bits per heavy atom. The first-order valence-corrected chi connectivity index (χ1v) is 24.3. The first kappa shape index (κ1) is 54.9. The average Bonchev–Trinajstić information content (AvgIpc) is 3.66. The highest BCUT2D eigenvalue weighted by molar-refractivity contribution is 5.97. The molecule has 1 saturated heterocycles. The van der Waals surface area contributed by atoms with Gasteiger partial charge in [0.15, 0.2) is 0 Å². The third-order valence-electron chi connectivity index (χ3n) is 12.2. The second-order valence-corrected chi connectivity index (χ2v) is 18.2. The van der Waals surface area contributed by atoms with Crippen LogP contribution in [0.15, 0.2) is 152 Å². The smallest absolute Gasteiger partial charge is 0.408 e. The minimum atomic E-state index is -1.39. The number of methoxy groups -OCH3 is 1. The van der Waals surface area contributed by atoms with E-state index >= 15 is 0 Å². The van der Waals surface area contributed by atoms with Gasteiger partial charge in [-0.05, 0) is 48.6 Å². The van der Waals surface area contributed by atoms with Crippen molar-refractivity contribution < 1.29 is 52.6 Å². The number of rotatable bonds is 23. The molecule has 74 heavy (non-hydrogen) atoms. The maximum absolute atomic E-state index is 14.6. The summed E-state index contributed by atoms with van der Waals surface area (Å²) in [4.78, 5) is 111. The molecule has 1 fully saturated rings. The molecule has 6 rings (SSSR count). The number of amides is 7. The van der Waals surface area contributed by atoms with Crippen LogP contribution in [0.5, 0.6) is 0 Å². The lowest BCUT2D eigenvalue weighted by Gasteiger charge is -2.34. The SMILES string of the molecule is COC(=O)CNC(=O)[C@H](Cc1ccccc1)NC(=O)[C@H](Cc1ccccc1)NC(=O)[C@@H]1[C@@H](C)OC(C)(C)N1C(=O)CNC(=O)[C@H](Cc1ccccc1)NC(=O)[C@H](Cc1ccccc1)NC(=O)OCc1ccccc1. The Labute approximate surface area is 430 Å². The molecular weight excluding hydrogens is 947 g/mol. The summed E-state index contributed by atoms with van der Waals surface area (Å²) in [5, 5.41) is 16.2. The summed E-state index contributed by atoms with van der Waals surface area (Å²) in [6, 6.07) is 38.6. The molecule has 1 aliphatic heterocycles. The van der Waals surface area contributed by atoms with E-state index < -0.39 is 103 Å². The van der Waals surface area contributed by atoms with Gasteiger partial charge in [0, 0.05) is 25.7 Å². The van der Waals surface area contributed by atoms with Gasteiger partial charge in [0.25, 0.3) is 0 Å². The standard InChI is InChI=1S/C56H63N7O11/c1-37-49(54(70)61-45(32-40-24-14-7-15-25-40)52(68)59-44(31-39-22-12-6-13-23-39)51(67)58-35-48(65)72-4)63(56(2,3)74-37)47(64)34-57-50(66)43(30-38-20-10-5-11-21-38)60-53(69)46(33-41-26-16-8-17-27-41)62-55(71)73-36-42-28-18-9-19-29-42/h5-29,37,43-46,49H,30-36H2,1-4H3,(H,57,66)(H,58,67)(H,59,68)(H,60,69)(H,61,70)(H,62,71)/t37-,43+,44+,45+,46+,49+/m1/s1. The minimum Gasteiger partial charge on any atom is -0.468 e. The molecule has 388 valence electrons. The number of alkyl carbamates (subject to hydrolysis) is 1. The predicted octanol–water partition coefficient (Wildman–Crippen LogP) is 3.46. The molecule has 0 aromatic heterocycles. The first-order chi connectivity index (χ1) is 35.6. The Morgan fingerprint density at radius 3 is 1.28 bits per heavy atom. The molecule has 5 aromatic rings. The van der Waals surface area contributed by atoms with Gasteiger partial charge in [-0.25, -0.2) is 4.79 Å². The van der Waals surface area contributed by atoms with Crippen LogP contribution in [0.25, 0.3) is 0 Å². The van der Waals surface area contributed by atoms with E-state index in [4.69, 9.17) is 9.47 Å². The van der Waals surface area contributed by atoms with Crippen LogP contribution in [0.4, 0.5) is 4.79 Å². The molecule has 6 atom stereocenters. The Hall–Kier alpha value is -8.38. The highest BCUT2D eigenvalue weighted by Gasteiger charge is 2.51. The molecule has 0 spiro atoms. The second kappa shape index (κ2) is 26.9. The van der Waals surface area contributed by atoms with Crippen LogP contribution in [0, 0.1) is 0 Å². The molecule has 1 aliphatic rings. The van der Waals surface area contributed by atoms with Gasteiger partial charge >= 0.3 is 12.1 Å². The Bertz CT molecular complexity index is 2680. The van der Waals surface area contributed by atoms with Crippen LogP contribution in [0.2, 0.25) is 0 Å². The average molecular weight is 1010 g/mol. The maximum Gasteiger partial charge on any atom is 0.408 e. The van der Waals surface area contributed by atoms with Crippen molar-refractivity contribution in [3.63, 3.8) is 0 Å². The topological polar surface area (TPSA) is 240 Å². The molecule has 0 aliphatic carbocycles. The van der Waals surface area contributed by atoms with Gasteiger partial charge in [-0.15, -0.1) is 0 Å². The number of nitrogens with zero attached hydrogens (tertiary/aromatic N) is 1. The van der Waals surface area contributed by atoms with Crippen LogP contribution in [0.1, 0.15) is 48.6 Å². The number of nitrogens with one attached hydrogen (secondary N) is 6. The number of carbonyl (C=O) groups excluding carboxylic acids is 8. The number of esters is 1. The third-order valence-corrected chi connectivity index (χ3v) is 12.2. The normalized spacial score (nSPS) is 16.2. The van der Waals surface area contributed by atoms with Crippen molar-refractivity contribution in [2.24, 2.45) is 0 Å². The zero-order valence-corrected chi connectivity index (χ0v) is 41.8. The van der Waals surface area contributed by atoms with Crippen LogP contribution in [-0.2, 0) is 80.1 Å². The molecule has 6 N–H and O–H groups in total. The molecule has 0 unspecified atom stereocenters. The van der Waals surface area contributed by atoms with Gasteiger partial charge in [0.2, 0.25) is 35.4 Å². The van der Waals surface area contributed by atoms with Crippen molar-refractivity contribution in [2.45, 2.75) is 95.1 Å². The molecule has 18 nitrogen and oxygen atoms in total. The van der Waals surface area contributed by atoms with Gasteiger partial charge in [-0.1, -0.05) is 152 Å². The van der Waals surface area contributed by atoms with E-state index in [1.165, 1.54) is 12.0 Å². The van der Waals surface area contributed by atoms with Gasteiger partial charge in [-0.3, -0.25) is 38.5 Å². The van der Waals surface area contributed by atoms with E-state index in [0.717, 1.165) is 11.1 Å². The first-order valence-electron chi connectivity index (χ1n) is 24.3. The van der Waals surface area contributed by atoms with E-state index in [9.17, 15) is 38.4 Å². The van der Waals surface area contributed by atoms with E-state index in [-0.39, 0.29) is 32.3 Å². The Balaban J connectivity index is 1.18. The quantitative estimate of drug-likeness (QED) is 0.0518. The van der Waals surface area contributed by atoms with Crippen molar-refractivity contribution in [1.82, 2.24) is 36.8 Å². The Morgan fingerprint density at radius 2 is 0.878 bits per heavy atom. The number of ether oxygens (including phenoxy) is 3. The van der Waals surface area contributed by atoms with Gasteiger partial charge < -0.3 is 46.1 Å². The van der Waals surface area contributed by atoms with Crippen LogP contribution in [0.3, 0.4) is 0 Å². The predicted molar refractivity (Wildman–Crippen MR) is 273 cm³/mol. The molecule has 1 heterocycles. The largest absolute Gasteiger partial charge is 0.468 e. The summed E-state index contributed by atoms with van der Waals surface area (Å²) in [6.45, 7) is 3.68. The zero-order valence-electron chi connectivity index (χ0n) is 41.8. The summed E-state index contributed by atoms with van der Waals surface area (Å²) in [7, 11) is 1.18. The lowest BCUT2D eigenvalue weighted by Crippen LogP contribution is -2.61. The van der Waals surface area contributed by atoms with Gasteiger partial charge in [0.1, 0.15) is 49.1 Å². The fourth-order valence-corrected chi connectivity index (χ4v) is 8.58. The van der Waals surface area contributed by atoms with E-state index in [1.54, 1.807) is 148 Å². The minimum absolute atomic E-state index is 0.00745. The van der Waals surface area contributed by atoms with Crippen LogP contribution >= 0.6 is 0 Å². The summed E-state index contributed by atoms with van der Waals surface area (Å²) < 4.78 is 16.3. The van der Waals surface area contributed by atoms with Crippen LogP contribution < -0.4 is 31.9 Å². The highest BCUT2D eigenvalue weighted by atomic mass is 16.6. The zero-order chi connectivity index (χ0) is 53.0. The number of hydrogen-bond donors (Lipinski definition) is 6. The van der Waals surface area contributed by atoms with Crippen molar-refractivity contribution in [3.05, 3.63) is 179 Å². The third kappa shape index (κ3) is 16.3. The maximum atomic E-state index is 14.6. The number of benzene rings is 5. The second-order valence-electron chi connectivity index (χ2n) is 18.2. The summed E-state index contributed by atoms with van der Waals surface area (Å²) in [6.07, 6.45) is -1.65. The number of hydrogen-bond acceptors (Lipinski definition) is 11. The van der Waals surface area contributed by atoms with Gasteiger partial charge in [-0.2, -0.15) is 0 Å². The summed E-state index contributed by atoms with van der Waals surface area (Å²) >= 11 is 0. The summed E-state index contributed by atoms with van der Waals surface area (Å²) in [5.41, 5.74) is 2.17. The number of carbonyl (C=O) groups is 8. The lowest BCUT2D eigenvalue weighted by atomic mass is 10.0. The Kier molecular flexibility index (Phi) is 20.0. The van der Waals surface area contributed by atoms with E-state index in [2.05, 4.69) is 36.6 Å². The fourth-order valence-electron chi connectivity index (χ4n) is 8.58. The monoisotopic (exact) mass is 1010 g/mol. The van der Waals surface area contributed by atoms with Crippen molar-refractivity contribution in [3.8, 4) is 0 Å². The van der Waals surface area contributed by atoms with Gasteiger partial charge in [0.05, 0.1) is 19.8 Å². The van der Waals surface area contributed by atoms with E-state index in [0.29, 0.717) is 16.7 Å². The van der Waals surface area contributed by atoms with Crippen LogP contribution in [-0.4, -0.2) is 115 Å². The summed E-state index contributed by atoms with van der Waals surface area (Å²) in [5.74, 6) is -4.95. The van der Waals surface area contributed by atoms with E-state index in [1.807, 2.05) is 24.3 Å². The molecule has 0 saturated carbocycles. The molecule has 18 heteroatoms. The fraction of sp³-hybridized carbons (Fsp3) is 0.321. The molecule has 0 bridgehead atoms. The lowest BCUT2D eigenvalue weighted by molar-refractivity contribution is -0.150.